The zero-order valence-electron chi connectivity index (χ0n) is 15.9. The van der Waals surface area contributed by atoms with E-state index >= 15 is 0 Å². The van der Waals surface area contributed by atoms with E-state index in [4.69, 9.17) is 10.5 Å². The molecule has 0 aromatic heterocycles. The number of rotatable bonds is 7. The average molecular weight is 391 g/mol. The molecular weight excluding hydrogens is 366 g/mol. The fraction of sp³-hybridized carbons (Fsp3) is 0.316. The minimum atomic E-state index is -3.81. The van der Waals surface area contributed by atoms with Gasteiger partial charge in [-0.05, 0) is 50.2 Å². The Morgan fingerprint density at radius 1 is 1.15 bits per heavy atom. The molecule has 2 aromatic rings. The van der Waals surface area contributed by atoms with Crippen molar-refractivity contribution in [1.82, 2.24) is 5.32 Å². The number of ether oxygens (including phenoxy) is 1. The number of carbonyl (C=O) groups is 1. The molecule has 2 aromatic carbocycles. The van der Waals surface area contributed by atoms with Crippen LogP contribution in [-0.2, 0) is 10.0 Å². The molecule has 0 atom stereocenters. The number of nitrogens with two attached hydrogens (primary N) is 1. The maximum atomic E-state index is 12.9. The molecule has 8 heteroatoms. The van der Waals surface area contributed by atoms with E-state index in [1.807, 2.05) is 13.8 Å². The molecule has 0 radical (unpaired) electrons. The van der Waals surface area contributed by atoms with Crippen LogP contribution in [0, 0.1) is 0 Å². The maximum absolute atomic E-state index is 12.9. The topological polar surface area (TPSA) is 102 Å². The number of sulfonamides is 1. The molecule has 1 amide bonds. The van der Waals surface area contributed by atoms with Gasteiger partial charge in [-0.1, -0.05) is 12.1 Å². The lowest BCUT2D eigenvalue weighted by Gasteiger charge is -2.24. The summed E-state index contributed by atoms with van der Waals surface area (Å²) in [6.45, 7) is 3.91. The lowest BCUT2D eigenvalue weighted by atomic mass is 10.1. The van der Waals surface area contributed by atoms with Gasteiger partial charge in [0.05, 0.1) is 17.7 Å². The highest BCUT2D eigenvalue weighted by atomic mass is 32.2. The molecule has 27 heavy (non-hydrogen) atoms. The Labute approximate surface area is 160 Å². The summed E-state index contributed by atoms with van der Waals surface area (Å²) in [7, 11) is -0.868. The van der Waals surface area contributed by atoms with Crippen molar-refractivity contribution in [2.75, 3.05) is 25.0 Å². The van der Waals surface area contributed by atoms with Crippen molar-refractivity contribution in [2.24, 2.45) is 5.73 Å². The Hall–Kier alpha value is -2.58. The Morgan fingerprint density at radius 2 is 1.74 bits per heavy atom. The molecule has 0 aliphatic heterocycles. The van der Waals surface area contributed by atoms with Gasteiger partial charge in [-0.15, -0.1) is 0 Å². The van der Waals surface area contributed by atoms with Gasteiger partial charge in [-0.25, -0.2) is 8.42 Å². The lowest BCUT2D eigenvalue weighted by Crippen LogP contribution is -2.48. The van der Waals surface area contributed by atoms with E-state index in [1.54, 1.807) is 24.3 Å². The SMILES string of the molecule is COc1ccccc1N(C)S(=O)(=O)c1ccc(C(=O)NC(C)(C)CN)cc1. The fourth-order valence-electron chi connectivity index (χ4n) is 2.39. The quantitative estimate of drug-likeness (QED) is 0.751. The van der Waals surface area contributed by atoms with Gasteiger partial charge in [0.2, 0.25) is 0 Å². The second kappa shape index (κ2) is 7.98. The van der Waals surface area contributed by atoms with E-state index in [9.17, 15) is 13.2 Å². The van der Waals surface area contributed by atoms with Gasteiger partial charge in [0.15, 0.2) is 0 Å². The number of hydrogen-bond donors (Lipinski definition) is 2. The van der Waals surface area contributed by atoms with Gasteiger partial charge in [-0.2, -0.15) is 0 Å². The van der Waals surface area contributed by atoms with Crippen LogP contribution in [-0.4, -0.2) is 40.6 Å². The first-order valence-electron chi connectivity index (χ1n) is 8.37. The van der Waals surface area contributed by atoms with Crippen molar-refractivity contribution in [3.05, 3.63) is 54.1 Å². The van der Waals surface area contributed by atoms with Crippen molar-refractivity contribution in [1.29, 1.82) is 0 Å². The number of nitrogens with one attached hydrogen (secondary N) is 1. The fourth-order valence-corrected chi connectivity index (χ4v) is 3.59. The Kier molecular flexibility index (Phi) is 6.12. The summed E-state index contributed by atoms with van der Waals surface area (Å²) in [4.78, 5) is 12.4. The normalized spacial score (nSPS) is 11.7. The first-order valence-corrected chi connectivity index (χ1v) is 9.81. The summed E-state index contributed by atoms with van der Waals surface area (Å²) in [6, 6.07) is 12.6. The summed E-state index contributed by atoms with van der Waals surface area (Å²) >= 11 is 0. The van der Waals surface area contributed by atoms with E-state index in [-0.39, 0.29) is 17.3 Å². The summed E-state index contributed by atoms with van der Waals surface area (Å²) in [5, 5.41) is 2.80. The van der Waals surface area contributed by atoms with Crippen LogP contribution in [0.1, 0.15) is 24.2 Å². The molecule has 2 rings (SSSR count). The molecule has 0 unspecified atom stereocenters. The van der Waals surface area contributed by atoms with E-state index in [0.29, 0.717) is 17.0 Å². The number of benzene rings is 2. The molecule has 0 saturated heterocycles. The predicted octanol–water partition coefficient (Wildman–Crippen LogP) is 1.99. The number of para-hydroxylation sites is 2. The number of amides is 1. The highest BCUT2D eigenvalue weighted by Crippen LogP contribution is 2.30. The van der Waals surface area contributed by atoms with Gasteiger partial charge in [0.1, 0.15) is 5.75 Å². The molecule has 0 aliphatic rings. The number of methoxy groups -OCH3 is 1. The van der Waals surface area contributed by atoms with Gasteiger partial charge >= 0.3 is 0 Å². The van der Waals surface area contributed by atoms with E-state index < -0.39 is 15.6 Å². The Bertz CT molecular complexity index is 909. The zero-order valence-corrected chi connectivity index (χ0v) is 16.7. The molecular formula is C19H25N3O4S. The third-order valence-corrected chi connectivity index (χ3v) is 5.95. The van der Waals surface area contributed by atoms with Crippen LogP contribution in [0.2, 0.25) is 0 Å². The van der Waals surface area contributed by atoms with E-state index in [1.165, 1.54) is 38.4 Å². The first-order chi connectivity index (χ1) is 12.6. The highest BCUT2D eigenvalue weighted by molar-refractivity contribution is 7.92. The van der Waals surface area contributed by atoms with Crippen molar-refractivity contribution < 1.29 is 17.9 Å². The largest absolute Gasteiger partial charge is 0.495 e. The smallest absolute Gasteiger partial charge is 0.264 e. The van der Waals surface area contributed by atoms with E-state index in [2.05, 4.69) is 5.32 Å². The van der Waals surface area contributed by atoms with E-state index in [0.717, 1.165) is 4.31 Å². The molecule has 7 nitrogen and oxygen atoms in total. The number of carbonyl (C=O) groups excluding carboxylic acids is 1. The molecule has 0 aliphatic carbocycles. The Morgan fingerprint density at radius 3 is 2.30 bits per heavy atom. The first kappa shape index (κ1) is 20.7. The third kappa shape index (κ3) is 4.58. The zero-order chi connectivity index (χ0) is 20.2. The van der Waals surface area contributed by atoms with Crippen molar-refractivity contribution in [2.45, 2.75) is 24.3 Å². The highest BCUT2D eigenvalue weighted by Gasteiger charge is 2.24. The summed E-state index contributed by atoms with van der Waals surface area (Å²) in [6.07, 6.45) is 0. The third-order valence-electron chi connectivity index (χ3n) is 4.16. The minimum absolute atomic E-state index is 0.0746. The Balaban J connectivity index is 2.28. The van der Waals surface area contributed by atoms with Gasteiger partial charge in [0, 0.05) is 24.7 Å². The van der Waals surface area contributed by atoms with Crippen molar-refractivity contribution in [3.63, 3.8) is 0 Å². The second-order valence-electron chi connectivity index (χ2n) is 6.71. The van der Waals surface area contributed by atoms with Crippen LogP contribution in [0.4, 0.5) is 5.69 Å². The number of anilines is 1. The molecule has 3 N–H and O–H groups in total. The van der Waals surface area contributed by atoms with Crippen LogP contribution >= 0.6 is 0 Å². The van der Waals surface area contributed by atoms with Gasteiger partial charge < -0.3 is 15.8 Å². The summed E-state index contributed by atoms with van der Waals surface area (Å²) in [5.41, 5.74) is 5.85. The van der Waals surface area contributed by atoms with Crippen LogP contribution < -0.4 is 20.1 Å². The lowest BCUT2D eigenvalue weighted by molar-refractivity contribution is 0.0915. The molecule has 0 fully saturated rings. The molecule has 0 saturated carbocycles. The molecule has 0 bridgehead atoms. The monoisotopic (exact) mass is 391 g/mol. The van der Waals surface area contributed by atoms with Gasteiger partial charge in [-0.3, -0.25) is 9.10 Å². The van der Waals surface area contributed by atoms with Crippen LogP contribution in [0.3, 0.4) is 0 Å². The van der Waals surface area contributed by atoms with Crippen molar-refractivity contribution in [3.8, 4) is 5.75 Å². The van der Waals surface area contributed by atoms with Crippen molar-refractivity contribution >= 4 is 21.6 Å². The van der Waals surface area contributed by atoms with Crippen LogP contribution in [0.15, 0.2) is 53.4 Å². The summed E-state index contributed by atoms with van der Waals surface area (Å²) < 4.78 is 32.2. The average Bonchev–Trinajstić information content (AvgIpc) is 2.67. The van der Waals surface area contributed by atoms with Gasteiger partial charge in [0.25, 0.3) is 15.9 Å². The summed E-state index contributed by atoms with van der Waals surface area (Å²) in [5.74, 6) is 0.135. The number of hydrogen-bond acceptors (Lipinski definition) is 5. The number of nitrogens with zero attached hydrogens (tertiary/aromatic N) is 1. The second-order valence-corrected chi connectivity index (χ2v) is 8.68. The predicted molar refractivity (Wildman–Crippen MR) is 106 cm³/mol. The maximum Gasteiger partial charge on any atom is 0.264 e. The van der Waals surface area contributed by atoms with Crippen LogP contribution in [0.5, 0.6) is 5.75 Å². The van der Waals surface area contributed by atoms with Crippen LogP contribution in [0.25, 0.3) is 0 Å². The molecule has 146 valence electrons. The minimum Gasteiger partial charge on any atom is -0.495 e. The standard InChI is InChI=1S/C19H25N3O4S/c1-19(2,13-20)21-18(23)14-9-11-15(12-10-14)27(24,25)22(3)16-7-5-6-8-17(16)26-4/h5-12H,13,20H2,1-4H3,(H,21,23). The molecule has 0 spiro atoms. The molecule has 0 heterocycles.